The Morgan fingerprint density at radius 1 is 1.09 bits per heavy atom. The largest absolute Gasteiger partial charge is 0.449 e. The molecular weight excluding hydrogens is 475 g/mol. The number of nitrogens with zero attached hydrogens (tertiary/aromatic N) is 1. The van der Waals surface area contributed by atoms with E-state index in [9.17, 15) is 18.0 Å². The Morgan fingerprint density at radius 2 is 1.72 bits per heavy atom. The number of carbonyl (C=O) groups is 2. The van der Waals surface area contributed by atoms with Gasteiger partial charge >= 0.3 is 5.97 Å². The molecule has 0 saturated heterocycles. The summed E-state index contributed by atoms with van der Waals surface area (Å²) in [5, 5.41) is 3.25. The Bertz CT molecular complexity index is 1100. The highest BCUT2D eigenvalue weighted by Crippen LogP contribution is 2.25. The summed E-state index contributed by atoms with van der Waals surface area (Å²) in [7, 11) is -3.55. The van der Waals surface area contributed by atoms with E-state index in [1.807, 2.05) is 0 Å². The minimum atomic E-state index is -3.55. The summed E-state index contributed by atoms with van der Waals surface area (Å²) >= 11 is 11.9. The van der Waals surface area contributed by atoms with Crippen LogP contribution in [0.25, 0.3) is 6.08 Å². The number of hydrogen-bond donors (Lipinski definition) is 1. The number of anilines is 1. The molecule has 1 N–H and O–H groups in total. The van der Waals surface area contributed by atoms with Gasteiger partial charge in [0.1, 0.15) is 0 Å². The summed E-state index contributed by atoms with van der Waals surface area (Å²) in [5.74, 6) is -1.30. The van der Waals surface area contributed by atoms with Gasteiger partial charge in [0, 0.05) is 24.2 Å². The third-order valence-electron chi connectivity index (χ3n) is 4.48. The van der Waals surface area contributed by atoms with Crippen molar-refractivity contribution in [2.24, 2.45) is 0 Å². The second-order valence-electron chi connectivity index (χ2n) is 6.68. The zero-order valence-electron chi connectivity index (χ0n) is 17.8. The number of esters is 1. The average molecular weight is 499 g/mol. The summed E-state index contributed by atoms with van der Waals surface area (Å²) in [6.07, 6.45) is 1.54. The van der Waals surface area contributed by atoms with Crippen LogP contribution in [0.3, 0.4) is 0 Å². The van der Waals surface area contributed by atoms with Crippen molar-refractivity contribution in [2.45, 2.75) is 31.8 Å². The van der Waals surface area contributed by atoms with Gasteiger partial charge in [0.05, 0.1) is 15.6 Å². The Labute approximate surface area is 198 Å². The fourth-order valence-electron chi connectivity index (χ4n) is 2.72. The van der Waals surface area contributed by atoms with Crippen molar-refractivity contribution in [3.05, 3.63) is 64.1 Å². The molecule has 0 aliphatic rings. The predicted molar refractivity (Wildman–Crippen MR) is 126 cm³/mol. The van der Waals surface area contributed by atoms with Crippen molar-refractivity contribution in [1.29, 1.82) is 0 Å². The van der Waals surface area contributed by atoms with Crippen LogP contribution < -0.4 is 5.32 Å². The lowest BCUT2D eigenvalue weighted by Gasteiger charge is -2.18. The van der Waals surface area contributed by atoms with Gasteiger partial charge in [0.15, 0.2) is 6.10 Å². The molecule has 2 aromatic rings. The van der Waals surface area contributed by atoms with Gasteiger partial charge in [0.2, 0.25) is 10.0 Å². The minimum Gasteiger partial charge on any atom is -0.449 e. The highest BCUT2D eigenvalue weighted by molar-refractivity contribution is 7.89. The van der Waals surface area contributed by atoms with E-state index in [0.717, 1.165) is 6.08 Å². The van der Waals surface area contributed by atoms with Gasteiger partial charge in [-0.1, -0.05) is 49.2 Å². The molecule has 10 heteroatoms. The van der Waals surface area contributed by atoms with Crippen molar-refractivity contribution >= 4 is 56.9 Å². The highest BCUT2D eigenvalue weighted by atomic mass is 35.5. The normalized spacial score (nSPS) is 12.7. The Hall–Kier alpha value is -2.39. The Kier molecular flexibility index (Phi) is 9.27. The minimum absolute atomic E-state index is 0.172. The molecule has 1 unspecified atom stereocenters. The quantitative estimate of drug-likeness (QED) is 0.402. The topological polar surface area (TPSA) is 92.8 Å². The van der Waals surface area contributed by atoms with Gasteiger partial charge in [-0.05, 0) is 48.9 Å². The average Bonchev–Trinajstić information content (AvgIpc) is 2.75. The van der Waals surface area contributed by atoms with Crippen LogP contribution in [0.2, 0.25) is 10.0 Å². The summed E-state index contributed by atoms with van der Waals surface area (Å²) in [4.78, 5) is 24.5. The first kappa shape index (κ1) is 25.9. The zero-order valence-corrected chi connectivity index (χ0v) is 20.2. The van der Waals surface area contributed by atoms with Crippen LogP contribution in [0.1, 0.15) is 26.3 Å². The molecule has 2 aromatic carbocycles. The number of rotatable bonds is 9. The van der Waals surface area contributed by atoms with Crippen molar-refractivity contribution in [3.63, 3.8) is 0 Å². The molecule has 0 fully saturated rings. The van der Waals surface area contributed by atoms with Gasteiger partial charge in [0.25, 0.3) is 5.91 Å². The fourth-order valence-corrected chi connectivity index (χ4v) is 4.52. The van der Waals surface area contributed by atoms with E-state index in [-0.39, 0.29) is 4.90 Å². The lowest BCUT2D eigenvalue weighted by molar-refractivity contribution is -0.148. The van der Waals surface area contributed by atoms with E-state index in [1.54, 1.807) is 32.0 Å². The molecule has 7 nitrogen and oxygen atoms in total. The Balaban J connectivity index is 1.98. The number of nitrogens with one attached hydrogen (secondary N) is 1. The second kappa shape index (κ2) is 11.5. The van der Waals surface area contributed by atoms with E-state index in [1.165, 1.54) is 41.6 Å². The fraction of sp³-hybridized carbons (Fsp3) is 0.273. The first-order valence-electron chi connectivity index (χ1n) is 9.83. The maximum Gasteiger partial charge on any atom is 0.331 e. The van der Waals surface area contributed by atoms with Gasteiger partial charge in [-0.15, -0.1) is 0 Å². The van der Waals surface area contributed by atoms with Crippen LogP contribution in [-0.4, -0.2) is 43.8 Å². The maximum atomic E-state index is 12.5. The number of hydrogen-bond acceptors (Lipinski definition) is 5. The van der Waals surface area contributed by atoms with E-state index in [2.05, 4.69) is 5.32 Å². The lowest BCUT2D eigenvalue weighted by Crippen LogP contribution is -2.30. The number of sulfonamides is 1. The lowest BCUT2D eigenvalue weighted by atomic mass is 10.2. The third-order valence-corrected chi connectivity index (χ3v) is 7.11. The predicted octanol–water partition coefficient (Wildman–Crippen LogP) is 4.61. The summed E-state index contributed by atoms with van der Waals surface area (Å²) in [5.41, 5.74) is 0.908. The molecule has 1 atom stereocenters. The molecule has 0 aliphatic heterocycles. The van der Waals surface area contributed by atoms with E-state index >= 15 is 0 Å². The van der Waals surface area contributed by atoms with Crippen molar-refractivity contribution in [3.8, 4) is 0 Å². The summed E-state index contributed by atoms with van der Waals surface area (Å²) < 4.78 is 31.5. The molecular formula is C22H24Cl2N2O5S. The number of carbonyl (C=O) groups excluding carboxylic acids is 2. The van der Waals surface area contributed by atoms with E-state index < -0.39 is 28.0 Å². The van der Waals surface area contributed by atoms with Crippen LogP contribution in [0.15, 0.2) is 53.4 Å². The van der Waals surface area contributed by atoms with Crippen LogP contribution in [-0.2, 0) is 24.3 Å². The van der Waals surface area contributed by atoms with Crippen LogP contribution in [0.5, 0.6) is 0 Å². The molecule has 0 bridgehead atoms. The summed E-state index contributed by atoms with van der Waals surface area (Å²) in [6.45, 7) is 5.72. The van der Waals surface area contributed by atoms with Gasteiger partial charge in [-0.2, -0.15) is 4.31 Å². The zero-order chi connectivity index (χ0) is 23.9. The smallest absolute Gasteiger partial charge is 0.331 e. The standard InChI is InChI=1S/C22H24Cl2N2O5S/c1-4-26(5-2)32(29,30)18-10-6-16(7-11-18)8-13-21(27)31-15(3)22(28)25-20-14-17(23)9-12-19(20)24/h6-15H,4-5H2,1-3H3,(H,25,28)/b13-8+. The third kappa shape index (κ3) is 6.80. The van der Waals surface area contributed by atoms with Crippen LogP contribution >= 0.6 is 23.2 Å². The number of halogens is 2. The number of amides is 1. The molecule has 2 rings (SSSR count). The summed E-state index contributed by atoms with van der Waals surface area (Å²) in [6, 6.07) is 10.7. The number of benzene rings is 2. The second-order valence-corrected chi connectivity index (χ2v) is 9.47. The molecule has 0 radical (unpaired) electrons. The molecule has 172 valence electrons. The van der Waals surface area contributed by atoms with Crippen LogP contribution in [0, 0.1) is 0 Å². The molecule has 0 aliphatic carbocycles. The van der Waals surface area contributed by atoms with Crippen LogP contribution in [0.4, 0.5) is 5.69 Å². The van der Waals surface area contributed by atoms with E-state index in [0.29, 0.717) is 34.4 Å². The van der Waals surface area contributed by atoms with Gasteiger partial charge in [-0.25, -0.2) is 13.2 Å². The Morgan fingerprint density at radius 3 is 2.31 bits per heavy atom. The molecule has 32 heavy (non-hydrogen) atoms. The molecule has 0 heterocycles. The molecule has 0 aromatic heterocycles. The van der Waals surface area contributed by atoms with E-state index in [4.69, 9.17) is 27.9 Å². The SMILES string of the molecule is CCN(CC)S(=O)(=O)c1ccc(/C=C/C(=O)OC(C)C(=O)Nc2cc(Cl)ccc2Cl)cc1. The van der Waals surface area contributed by atoms with Crippen molar-refractivity contribution in [1.82, 2.24) is 4.31 Å². The molecule has 1 amide bonds. The first-order chi connectivity index (χ1) is 15.1. The maximum absolute atomic E-state index is 12.5. The monoisotopic (exact) mass is 498 g/mol. The molecule has 0 spiro atoms. The molecule has 0 saturated carbocycles. The first-order valence-corrected chi connectivity index (χ1v) is 12.0. The van der Waals surface area contributed by atoms with Crippen molar-refractivity contribution < 1.29 is 22.7 Å². The van der Waals surface area contributed by atoms with Gasteiger partial charge in [-0.3, -0.25) is 4.79 Å². The van der Waals surface area contributed by atoms with Gasteiger partial charge < -0.3 is 10.1 Å². The number of ether oxygens (including phenoxy) is 1. The highest BCUT2D eigenvalue weighted by Gasteiger charge is 2.21. The van der Waals surface area contributed by atoms with Crippen molar-refractivity contribution in [2.75, 3.05) is 18.4 Å².